The smallest absolute Gasteiger partial charge is 0.305 e. The van der Waals surface area contributed by atoms with Gasteiger partial charge in [-0.25, -0.2) is 4.98 Å². The molecule has 1 heterocycles. The Morgan fingerprint density at radius 2 is 2.04 bits per heavy atom. The number of nitrogens with zero attached hydrogens (tertiary/aromatic N) is 2. The first-order chi connectivity index (χ1) is 10.9. The predicted octanol–water partition coefficient (Wildman–Crippen LogP) is 4.63. The van der Waals surface area contributed by atoms with Gasteiger partial charge in [-0.05, 0) is 46.1 Å². The first kappa shape index (κ1) is 17.7. The van der Waals surface area contributed by atoms with Crippen LogP contribution in [0.15, 0.2) is 34.9 Å². The maximum absolute atomic E-state index is 12.0. The highest BCUT2D eigenvalue weighted by atomic mass is 79.9. The van der Waals surface area contributed by atoms with Crippen molar-refractivity contribution in [1.82, 2.24) is 4.98 Å². The molecule has 0 atom stereocenters. The van der Waals surface area contributed by atoms with E-state index in [9.17, 15) is 14.9 Å². The second kappa shape index (κ2) is 7.72. The molecule has 2 rings (SSSR count). The lowest BCUT2D eigenvalue weighted by molar-refractivity contribution is -0.384. The average molecular weight is 419 g/mol. The van der Waals surface area contributed by atoms with Crippen molar-refractivity contribution in [2.75, 3.05) is 5.32 Å². The van der Waals surface area contributed by atoms with Crippen LogP contribution in [0.1, 0.15) is 12.0 Å². The monoisotopic (exact) mass is 417 g/mol. The minimum atomic E-state index is -0.606. The predicted molar refractivity (Wildman–Crippen MR) is 92.0 cm³/mol. The molecular formula is C14H10BrCl2N3O3. The van der Waals surface area contributed by atoms with Crippen LogP contribution in [0.2, 0.25) is 10.0 Å². The van der Waals surface area contributed by atoms with E-state index in [4.69, 9.17) is 23.2 Å². The minimum absolute atomic E-state index is 0.100. The molecule has 0 saturated heterocycles. The molecule has 1 aromatic carbocycles. The number of rotatable bonds is 5. The largest absolute Gasteiger partial charge is 0.311 e. The summed E-state index contributed by atoms with van der Waals surface area (Å²) in [5, 5.41) is 14.4. The molecule has 0 aliphatic carbocycles. The van der Waals surface area contributed by atoms with Gasteiger partial charge in [0.25, 0.3) is 0 Å². The van der Waals surface area contributed by atoms with Crippen LogP contribution in [0.25, 0.3) is 0 Å². The summed E-state index contributed by atoms with van der Waals surface area (Å²) in [4.78, 5) is 26.2. The van der Waals surface area contributed by atoms with Gasteiger partial charge in [0.05, 0.1) is 4.92 Å². The lowest BCUT2D eigenvalue weighted by Gasteiger charge is -2.07. The number of aromatic nitrogens is 1. The van der Waals surface area contributed by atoms with Crippen LogP contribution in [0, 0.1) is 10.1 Å². The molecule has 6 nitrogen and oxygen atoms in total. The third-order valence-corrected chi connectivity index (χ3v) is 3.96. The van der Waals surface area contributed by atoms with Gasteiger partial charge in [-0.2, -0.15) is 0 Å². The highest BCUT2D eigenvalue weighted by Crippen LogP contribution is 2.25. The Labute approximate surface area is 150 Å². The van der Waals surface area contributed by atoms with Gasteiger partial charge in [0.2, 0.25) is 11.7 Å². The van der Waals surface area contributed by atoms with Crippen LogP contribution in [0.5, 0.6) is 0 Å². The zero-order valence-electron chi connectivity index (χ0n) is 11.6. The normalized spacial score (nSPS) is 10.4. The highest BCUT2D eigenvalue weighted by molar-refractivity contribution is 9.10. The fraction of sp³-hybridized carbons (Fsp3) is 0.143. The van der Waals surface area contributed by atoms with Crippen LogP contribution in [0.3, 0.4) is 0 Å². The molecule has 9 heteroatoms. The Balaban J connectivity index is 2.05. The Morgan fingerprint density at radius 1 is 1.30 bits per heavy atom. The lowest BCUT2D eigenvalue weighted by Crippen LogP contribution is -2.15. The van der Waals surface area contributed by atoms with E-state index in [0.717, 1.165) is 5.56 Å². The van der Waals surface area contributed by atoms with Gasteiger partial charge in [0.15, 0.2) is 0 Å². The summed E-state index contributed by atoms with van der Waals surface area (Å²) in [7, 11) is 0. The van der Waals surface area contributed by atoms with Crippen LogP contribution in [0.4, 0.5) is 11.5 Å². The number of carbonyl (C=O) groups excluding carboxylic acids is 1. The third-order valence-electron chi connectivity index (χ3n) is 2.93. The molecule has 0 saturated carbocycles. The van der Waals surface area contributed by atoms with Crippen molar-refractivity contribution in [3.8, 4) is 0 Å². The number of hydrogen-bond donors (Lipinski definition) is 1. The van der Waals surface area contributed by atoms with Crippen molar-refractivity contribution in [1.29, 1.82) is 0 Å². The molecule has 23 heavy (non-hydrogen) atoms. The van der Waals surface area contributed by atoms with Gasteiger partial charge in [0.1, 0.15) is 4.60 Å². The molecular weight excluding hydrogens is 409 g/mol. The Hall–Kier alpha value is -1.70. The van der Waals surface area contributed by atoms with E-state index in [1.54, 1.807) is 18.2 Å². The van der Waals surface area contributed by atoms with Gasteiger partial charge in [-0.1, -0.05) is 29.3 Å². The molecule has 0 aliphatic rings. The molecule has 1 aromatic heterocycles. The van der Waals surface area contributed by atoms with Crippen molar-refractivity contribution in [2.24, 2.45) is 0 Å². The number of amides is 1. The molecule has 0 aliphatic heterocycles. The van der Waals surface area contributed by atoms with E-state index < -0.39 is 10.8 Å². The van der Waals surface area contributed by atoms with Crippen LogP contribution in [-0.4, -0.2) is 15.8 Å². The summed E-state index contributed by atoms with van der Waals surface area (Å²) < 4.78 is 0.388. The number of hydrogen-bond acceptors (Lipinski definition) is 4. The second-order valence-corrected chi connectivity index (χ2v) is 6.20. The summed E-state index contributed by atoms with van der Waals surface area (Å²) in [6.45, 7) is 0. The zero-order valence-corrected chi connectivity index (χ0v) is 14.7. The molecule has 0 bridgehead atoms. The van der Waals surface area contributed by atoms with Gasteiger partial charge >= 0.3 is 5.69 Å². The van der Waals surface area contributed by atoms with E-state index >= 15 is 0 Å². The molecule has 1 amide bonds. The van der Waals surface area contributed by atoms with Gasteiger partial charge < -0.3 is 5.32 Å². The van der Waals surface area contributed by atoms with E-state index in [1.165, 1.54) is 12.1 Å². The number of anilines is 1. The SMILES string of the molecule is O=C(CCc1ccc(Cl)cc1Cl)Nc1nc(Br)ccc1[N+](=O)[O-]. The fourth-order valence-corrected chi connectivity index (χ4v) is 2.65. The number of carbonyl (C=O) groups is 1. The van der Waals surface area contributed by atoms with E-state index in [-0.39, 0.29) is 17.9 Å². The van der Waals surface area contributed by atoms with Gasteiger partial charge in [-0.15, -0.1) is 0 Å². The first-order valence-electron chi connectivity index (χ1n) is 6.41. The van der Waals surface area contributed by atoms with Gasteiger partial charge in [0, 0.05) is 22.5 Å². The van der Waals surface area contributed by atoms with Crippen LogP contribution < -0.4 is 5.32 Å². The van der Waals surface area contributed by atoms with Crippen molar-refractivity contribution in [3.63, 3.8) is 0 Å². The first-order valence-corrected chi connectivity index (χ1v) is 7.96. The molecule has 1 N–H and O–H groups in total. The molecule has 0 unspecified atom stereocenters. The topological polar surface area (TPSA) is 85.1 Å². The van der Waals surface area contributed by atoms with Crippen molar-refractivity contribution in [3.05, 3.63) is 60.7 Å². The van der Waals surface area contributed by atoms with E-state index in [0.29, 0.717) is 21.1 Å². The maximum Gasteiger partial charge on any atom is 0.311 e. The Bertz CT molecular complexity index is 771. The number of halogens is 3. The van der Waals surface area contributed by atoms with E-state index in [1.807, 2.05) is 0 Å². The van der Waals surface area contributed by atoms with Crippen LogP contribution in [-0.2, 0) is 11.2 Å². The third kappa shape index (κ3) is 4.89. The van der Waals surface area contributed by atoms with E-state index in [2.05, 4.69) is 26.2 Å². The summed E-state index contributed by atoms with van der Waals surface area (Å²) in [5.74, 6) is -0.499. The van der Waals surface area contributed by atoms with Crippen LogP contribution >= 0.6 is 39.1 Å². The summed E-state index contributed by atoms with van der Waals surface area (Å²) in [6.07, 6.45) is 0.482. The Kier molecular flexibility index (Phi) is 5.92. The number of aryl methyl sites for hydroxylation is 1. The summed E-state index contributed by atoms with van der Waals surface area (Å²) >= 11 is 15.0. The number of pyridine rings is 1. The minimum Gasteiger partial charge on any atom is -0.305 e. The van der Waals surface area contributed by atoms with Crippen molar-refractivity contribution < 1.29 is 9.72 Å². The van der Waals surface area contributed by atoms with Crippen molar-refractivity contribution in [2.45, 2.75) is 12.8 Å². The van der Waals surface area contributed by atoms with Crippen molar-refractivity contribution >= 4 is 56.5 Å². The molecule has 0 radical (unpaired) electrons. The molecule has 2 aromatic rings. The number of benzene rings is 1. The molecule has 0 fully saturated rings. The summed E-state index contributed by atoms with van der Waals surface area (Å²) in [6, 6.07) is 7.71. The zero-order chi connectivity index (χ0) is 17.0. The van der Waals surface area contributed by atoms with Gasteiger partial charge in [-0.3, -0.25) is 14.9 Å². The Morgan fingerprint density at radius 3 is 2.70 bits per heavy atom. The average Bonchev–Trinajstić information content (AvgIpc) is 2.46. The molecule has 0 spiro atoms. The number of nitro groups is 1. The number of nitrogens with one attached hydrogen (secondary N) is 1. The standard InChI is InChI=1S/C14H10BrCl2N3O3/c15-12-5-4-11(20(22)23)14(18-12)19-13(21)6-2-8-1-3-9(16)7-10(8)17/h1,3-5,7H,2,6H2,(H,18,19,21). The highest BCUT2D eigenvalue weighted by Gasteiger charge is 2.18. The molecule has 120 valence electrons. The lowest BCUT2D eigenvalue weighted by atomic mass is 10.1. The quantitative estimate of drug-likeness (QED) is 0.435. The fourth-order valence-electron chi connectivity index (χ4n) is 1.83. The summed E-state index contributed by atoms with van der Waals surface area (Å²) in [5.41, 5.74) is 0.494. The second-order valence-electron chi connectivity index (χ2n) is 4.54. The maximum atomic E-state index is 12.0.